The normalized spacial score (nSPS) is 10.7. The molecule has 0 spiro atoms. The van der Waals surface area contributed by atoms with E-state index in [1.165, 1.54) is 0 Å². The van der Waals surface area contributed by atoms with Crippen LogP contribution in [0.15, 0.2) is 12.1 Å². The molecule has 9 heteroatoms. The van der Waals surface area contributed by atoms with Crippen molar-refractivity contribution in [1.29, 1.82) is 0 Å². The number of alkyl halides is 2. The van der Waals surface area contributed by atoms with Crippen molar-refractivity contribution in [3.8, 4) is 0 Å². The van der Waals surface area contributed by atoms with Gasteiger partial charge in [-0.05, 0) is 0 Å². The monoisotopic (exact) mass is 262 g/mol. The quantitative estimate of drug-likeness (QED) is 0.575. The average molecular weight is 262 g/mol. The first-order chi connectivity index (χ1) is 8.43. The van der Waals surface area contributed by atoms with Gasteiger partial charge in [-0.15, -0.1) is 0 Å². The lowest BCUT2D eigenvalue weighted by molar-refractivity contribution is -0.384. The molecule has 1 heterocycles. The lowest BCUT2D eigenvalue weighted by Gasteiger charge is -2.22. The maximum atomic E-state index is 12.3. The van der Waals surface area contributed by atoms with Crippen molar-refractivity contribution in [2.75, 3.05) is 30.3 Å². The summed E-state index contributed by atoms with van der Waals surface area (Å²) < 4.78 is 24.7. The summed E-state index contributed by atoms with van der Waals surface area (Å²) in [6.45, 7) is -1.18. The van der Waals surface area contributed by atoms with Crippen molar-refractivity contribution >= 4 is 17.3 Å². The molecule has 0 fully saturated rings. The van der Waals surface area contributed by atoms with Crippen molar-refractivity contribution in [1.82, 2.24) is 4.98 Å². The van der Waals surface area contributed by atoms with E-state index in [4.69, 9.17) is 10.8 Å². The molecule has 1 aromatic rings. The van der Waals surface area contributed by atoms with E-state index < -0.39 is 17.9 Å². The zero-order chi connectivity index (χ0) is 13.7. The van der Waals surface area contributed by atoms with Gasteiger partial charge in [0.2, 0.25) is 0 Å². The maximum absolute atomic E-state index is 12.3. The fraction of sp³-hybridized carbons (Fsp3) is 0.444. The highest BCUT2D eigenvalue weighted by Gasteiger charge is 2.17. The van der Waals surface area contributed by atoms with Crippen LogP contribution in [0.4, 0.5) is 26.1 Å². The Bertz CT molecular complexity index is 430. The Labute approximate surface area is 101 Å². The van der Waals surface area contributed by atoms with Gasteiger partial charge in [0.05, 0.1) is 30.2 Å². The summed E-state index contributed by atoms with van der Waals surface area (Å²) in [7, 11) is 0. The number of aromatic nitrogens is 1. The minimum atomic E-state index is -2.65. The highest BCUT2D eigenvalue weighted by molar-refractivity contribution is 5.54. The van der Waals surface area contributed by atoms with Crippen LogP contribution < -0.4 is 10.6 Å². The Balaban J connectivity index is 3.06. The highest BCUT2D eigenvalue weighted by Crippen LogP contribution is 2.22. The molecule has 0 aliphatic carbocycles. The van der Waals surface area contributed by atoms with Gasteiger partial charge in [0.25, 0.3) is 12.1 Å². The fourth-order valence-electron chi connectivity index (χ4n) is 1.38. The Kier molecular flexibility index (Phi) is 4.72. The Morgan fingerprint density at radius 1 is 1.56 bits per heavy atom. The second-order valence-electron chi connectivity index (χ2n) is 3.43. The molecule has 1 rings (SSSR count). The predicted molar refractivity (Wildman–Crippen MR) is 60.6 cm³/mol. The van der Waals surface area contributed by atoms with Crippen LogP contribution in [-0.4, -0.2) is 41.1 Å². The standard InChI is InChI=1S/C9H12F2N4O3/c10-7(11)5-14(1-2-16)9-4-6(15(17)18)3-8(12)13-9/h3-4,7,16H,1-2,5H2,(H2,12,13). The van der Waals surface area contributed by atoms with Crippen molar-refractivity contribution in [2.24, 2.45) is 0 Å². The van der Waals surface area contributed by atoms with Gasteiger partial charge < -0.3 is 15.7 Å². The van der Waals surface area contributed by atoms with Crippen LogP contribution in [0.1, 0.15) is 0 Å². The Morgan fingerprint density at radius 2 is 2.22 bits per heavy atom. The molecule has 100 valence electrons. The average Bonchev–Trinajstić information content (AvgIpc) is 2.27. The molecule has 0 amide bonds. The molecule has 0 atom stereocenters. The zero-order valence-corrected chi connectivity index (χ0v) is 9.29. The van der Waals surface area contributed by atoms with Gasteiger partial charge in [-0.2, -0.15) is 0 Å². The third-order valence-corrected chi connectivity index (χ3v) is 2.08. The SMILES string of the molecule is Nc1cc([N+](=O)[O-])cc(N(CCO)CC(F)F)n1. The van der Waals surface area contributed by atoms with Crippen LogP contribution in [0.2, 0.25) is 0 Å². The van der Waals surface area contributed by atoms with Crippen molar-refractivity contribution < 1.29 is 18.8 Å². The number of hydrogen-bond donors (Lipinski definition) is 2. The molecule has 7 nitrogen and oxygen atoms in total. The van der Waals surface area contributed by atoms with E-state index in [0.717, 1.165) is 17.0 Å². The number of aliphatic hydroxyl groups is 1. The second kappa shape index (κ2) is 6.05. The van der Waals surface area contributed by atoms with Gasteiger partial charge in [0.1, 0.15) is 11.6 Å². The zero-order valence-electron chi connectivity index (χ0n) is 9.29. The summed E-state index contributed by atoms with van der Waals surface area (Å²) in [4.78, 5) is 14.7. The first kappa shape index (κ1) is 14.0. The van der Waals surface area contributed by atoms with Crippen LogP contribution in [0.3, 0.4) is 0 Å². The molecule has 0 bridgehead atoms. The molecule has 0 radical (unpaired) electrons. The molecular formula is C9H12F2N4O3. The Hall–Kier alpha value is -2.03. The summed E-state index contributed by atoms with van der Waals surface area (Å²) in [6, 6.07) is 2.07. The summed E-state index contributed by atoms with van der Waals surface area (Å²) in [5.41, 5.74) is 5.03. The largest absolute Gasteiger partial charge is 0.395 e. The number of halogens is 2. The van der Waals surface area contributed by atoms with Gasteiger partial charge in [0, 0.05) is 6.54 Å². The lowest BCUT2D eigenvalue weighted by Crippen LogP contribution is -2.32. The second-order valence-corrected chi connectivity index (χ2v) is 3.43. The predicted octanol–water partition coefficient (Wildman–Crippen LogP) is 0.636. The number of aliphatic hydroxyl groups excluding tert-OH is 1. The van der Waals surface area contributed by atoms with E-state index in [0.29, 0.717) is 0 Å². The lowest BCUT2D eigenvalue weighted by atomic mass is 10.3. The van der Waals surface area contributed by atoms with E-state index in [1.54, 1.807) is 0 Å². The first-order valence-corrected chi connectivity index (χ1v) is 5.00. The van der Waals surface area contributed by atoms with Crippen LogP contribution in [0.5, 0.6) is 0 Å². The van der Waals surface area contributed by atoms with E-state index >= 15 is 0 Å². The van der Waals surface area contributed by atoms with Crippen LogP contribution in [0.25, 0.3) is 0 Å². The van der Waals surface area contributed by atoms with E-state index in [-0.39, 0.29) is 30.5 Å². The number of nitrogen functional groups attached to an aromatic ring is 1. The van der Waals surface area contributed by atoms with Crippen molar-refractivity contribution in [3.63, 3.8) is 0 Å². The molecule has 0 saturated heterocycles. The fourth-order valence-corrected chi connectivity index (χ4v) is 1.38. The minimum absolute atomic E-state index is 0.0592. The number of anilines is 2. The number of nitro groups is 1. The van der Waals surface area contributed by atoms with E-state index in [1.807, 2.05) is 0 Å². The molecule has 0 aliphatic rings. The molecule has 0 unspecified atom stereocenters. The molecular weight excluding hydrogens is 250 g/mol. The van der Waals surface area contributed by atoms with Gasteiger partial charge in [-0.3, -0.25) is 10.1 Å². The van der Waals surface area contributed by atoms with Crippen LogP contribution in [-0.2, 0) is 0 Å². The van der Waals surface area contributed by atoms with Gasteiger partial charge in [0.15, 0.2) is 0 Å². The Morgan fingerprint density at radius 3 is 2.72 bits per heavy atom. The van der Waals surface area contributed by atoms with Gasteiger partial charge in [-0.1, -0.05) is 0 Å². The van der Waals surface area contributed by atoms with Crippen molar-refractivity contribution in [2.45, 2.75) is 6.43 Å². The molecule has 3 N–H and O–H groups in total. The van der Waals surface area contributed by atoms with E-state index in [2.05, 4.69) is 4.98 Å². The van der Waals surface area contributed by atoms with E-state index in [9.17, 15) is 18.9 Å². The molecule has 0 aliphatic heterocycles. The third kappa shape index (κ3) is 3.77. The van der Waals surface area contributed by atoms with Crippen molar-refractivity contribution in [3.05, 3.63) is 22.2 Å². The number of nitrogens with zero attached hydrogens (tertiary/aromatic N) is 3. The number of nitrogens with two attached hydrogens (primary N) is 1. The maximum Gasteiger partial charge on any atom is 0.276 e. The number of pyridine rings is 1. The van der Waals surface area contributed by atoms with Gasteiger partial charge in [-0.25, -0.2) is 13.8 Å². The topological polar surface area (TPSA) is 106 Å². The van der Waals surface area contributed by atoms with Crippen LogP contribution >= 0.6 is 0 Å². The number of rotatable bonds is 6. The summed E-state index contributed by atoms with van der Waals surface area (Å²) in [5.74, 6) is -0.201. The molecule has 0 aromatic carbocycles. The highest BCUT2D eigenvalue weighted by atomic mass is 19.3. The van der Waals surface area contributed by atoms with Crippen LogP contribution in [0, 0.1) is 10.1 Å². The molecule has 18 heavy (non-hydrogen) atoms. The molecule has 1 aromatic heterocycles. The smallest absolute Gasteiger partial charge is 0.276 e. The summed E-state index contributed by atoms with van der Waals surface area (Å²) in [5, 5.41) is 19.4. The molecule has 0 saturated carbocycles. The van der Waals surface area contributed by atoms with Gasteiger partial charge >= 0.3 is 0 Å². The minimum Gasteiger partial charge on any atom is -0.395 e. The first-order valence-electron chi connectivity index (χ1n) is 5.00. The summed E-state index contributed by atoms with van der Waals surface area (Å²) >= 11 is 0. The number of hydrogen-bond acceptors (Lipinski definition) is 6. The third-order valence-electron chi connectivity index (χ3n) is 2.08. The summed E-state index contributed by atoms with van der Waals surface area (Å²) in [6.07, 6.45) is -2.65.